The Morgan fingerprint density at radius 3 is 2.42 bits per heavy atom. The molecule has 1 aromatic heterocycles. The van der Waals surface area contributed by atoms with Crippen LogP contribution in [-0.4, -0.2) is 23.9 Å². The molecule has 33 heavy (non-hydrogen) atoms. The average molecular weight is 446 g/mol. The molecule has 0 saturated carbocycles. The molecular formula is C27H27NO5. The Bertz CT molecular complexity index is 1250. The summed E-state index contributed by atoms with van der Waals surface area (Å²) in [6, 6.07) is 15.1. The molecule has 1 aliphatic heterocycles. The Morgan fingerprint density at radius 2 is 1.82 bits per heavy atom. The van der Waals surface area contributed by atoms with Gasteiger partial charge < -0.3 is 14.3 Å². The highest BCUT2D eigenvalue weighted by atomic mass is 16.5. The molecule has 1 N–H and O–H groups in total. The molecule has 1 fully saturated rings. The van der Waals surface area contributed by atoms with Gasteiger partial charge in [0, 0.05) is 16.8 Å². The van der Waals surface area contributed by atoms with Crippen LogP contribution in [0.4, 0.5) is 5.69 Å². The first kappa shape index (κ1) is 22.4. The number of Topliss-reactive ketones (excluding diaryl/α,β-unsaturated/α-hetero) is 1. The maximum Gasteiger partial charge on any atom is 0.300 e. The number of hydrogen-bond donors (Lipinski definition) is 1. The van der Waals surface area contributed by atoms with Crippen molar-refractivity contribution in [2.24, 2.45) is 0 Å². The summed E-state index contributed by atoms with van der Waals surface area (Å²) < 4.78 is 11.1. The minimum Gasteiger partial charge on any atom is -0.507 e. The molecule has 3 aromatic rings. The average Bonchev–Trinajstić information content (AvgIpc) is 3.39. The zero-order valence-electron chi connectivity index (χ0n) is 19.4. The van der Waals surface area contributed by atoms with Crippen molar-refractivity contribution in [2.45, 2.75) is 39.2 Å². The molecule has 2 aromatic carbocycles. The standard InChI is InChI=1S/C27H27NO5/c1-16-8-6-9-18(14-16)28-23(21-10-7-13-33-21)22(25(30)26(28)31)24(29)17-11-12-20(32-5)19(15-17)27(2,3)4/h6-15,23,29H,1-5H3/b24-22-. The number of aryl methyl sites for hydroxylation is 1. The molecular weight excluding hydrogens is 418 g/mol. The molecule has 0 aliphatic carbocycles. The number of furan rings is 1. The quantitative estimate of drug-likeness (QED) is 0.325. The van der Waals surface area contributed by atoms with Crippen LogP contribution in [0, 0.1) is 6.92 Å². The molecule has 6 heteroatoms. The van der Waals surface area contributed by atoms with Crippen LogP contribution in [0.5, 0.6) is 5.75 Å². The summed E-state index contributed by atoms with van der Waals surface area (Å²) >= 11 is 0. The highest BCUT2D eigenvalue weighted by molar-refractivity contribution is 6.51. The van der Waals surface area contributed by atoms with E-state index < -0.39 is 17.7 Å². The number of aliphatic hydroxyl groups is 1. The minimum absolute atomic E-state index is 0.0125. The number of aliphatic hydroxyl groups excluding tert-OH is 1. The number of rotatable bonds is 4. The van der Waals surface area contributed by atoms with Gasteiger partial charge in [0.25, 0.3) is 11.7 Å². The largest absolute Gasteiger partial charge is 0.507 e. The van der Waals surface area contributed by atoms with E-state index in [0.717, 1.165) is 11.1 Å². The van der Waals surface area contributed by atoms with Crippen LogP contribution in [0.3, 0.4) is 0 Å². The highest BCUT2D eigenvalue weighted by Gasteiger charge is 2.48. The van der Waals surface area contributed by atoms with E-state index in [1.165, 1.54) is 11.2 Å². The number of hydrogen-bond acceptors (Lipinski definition) is 5. The Labute approximate surface area is 193 Å². The Balaban J connectivity index is 1.93. The smallest absolute Gasteiger partial charge is 0.300 e. The minimum atomic E-state index is -0.887. The number of anilines is 1. The third-order valence-electron chi connectivity index (χ3n) is 5.82. The Morgan fingerprint density at radius 1 is 1.06 bits per heavy atom. The summed E-state index contributed by atoms with van der Waals surface area (Å²) in [7, 11) is 1.59. The fraction of sp³-hybridized carbons (Fsp3) is 0.259. The van der Waals surface area contributed by atoms with Crippen LogP contribution >= 0.6 is 0 Å². The van der Waals surface area contributed by atoms with Crippen molar-refractivity contribution in [1.29, 1.82) is 0 Å². The SMILES string of the molecule is COc1ccc(/C(O)=C2/C(=O)C(=O)N(c3cccc(C)c3)C2c2ccco2)cc1C(C)(C)C. The molecule has 0 spiro atoms. The maximum atomic E-state index is 13.2. The Hall–Kier alpha value is -3.80. The molecule has 1 amide bonds. The second-order valence-electron chi connectivity index (χ2n) is 9.19. The normalized spacial score (nSPS) is 18.1. The second kappa shape index (κ2) is 8.28. The van der Waals surface area contributed by atoms with Gasteiger partial charge in [0.15, 0.2) is 0 Å². The molecule has 6 nitrogen and oxygen atoms in total. The molecule has 4 rings (SSSR count). The van der Waals surface area contributed by atoms with Crippen molar-refractivity contribution >= 4 is 23.1 Å². The molecule has 0 radical (unpaired) electrons. The van der Waals surface area contributed by atoms with Crippen molar-refractivity contribution in [3.63, 3.8) is 0 Å². The number of carbonyl (C=O) groups excluding carboxylic acids is 2. The zero-order valence-corrected chi connectivity index (χ0v) is 19.4. The van der Waals surface area contributed by atoms with Gasteiger partial charge in [-0.05, 0) is 60.4 Å². The monoisotopic (exact) mass is 445 g/mol. The van der Waals surface area contributed by atoms with Crippen molar-refractivity contribution in [1.82, 2.24) is 0 Å². The first-order chi connectivity index (χ1) is 15.6. The maximum absolute atomic E-state index is 13.2. The predicted octanol–water partition coefficient (Wildman–Crippen LogP) is 5.52. The number of amides is 1. The van der Waals surface area contributed by atoms with Crippen molar-refractivity contribution in [2.75, 3.05) is 12.0 Å². The topological polar surface area (TPSA) is 80.0 Å². The van der Waals surface area contributed by atoms with Crippen LogP contribution < -0.4 is 9.64 Å². The fourth-order valence-corrected chi connectivity index (χ4v) is 4.19. The third-order valence-corrected chi connectivity index (χ3v) is 5.82. The molecule has 1 saturated heterocycles. The molecule has 2 heterocycles. The molecule has 1 unspecified atom stereocenters. The van der Waals surface area contributed by atoms with Gasteiger partial charge in [-0.1, -0.05) is 32.9 Å². The van der Waals surface area contributed by atoms with Gasteiger partial charge in [-0.2, -0.15) is 0 Å². The number of methoxy groups -OCH3 is 1. The summed E-state index contributed by atoms with van der Waals surface area (Å²) in [6.45, 7) is 8.02. The van der Waals surface area contributed by atoms with Crippen LogP contribution in [0.15, 0.2) is 70.9 Å². The summed E-state index contributed by atoms with van der Waals surface area (Å²) in [4.78, 5) is 27.8. The van der Waals surface area contributed by atoms with Crippen LogP contribution in [0.1, 0.15) is 49.3 Å². The number of benzene rings is 2. The van der Waals surface area contributed by atoms with Crippen molar-refractivity contribution < 1.29 is 23.8 Å². The van der Waals surface area contributed by atoms with Crippen molar-refractivity contribution in [3.8, 4) is 5.75 Å². The van der Waals surface area contributed by atoms with E-state index in [1.807, 2.05) is 45.9 Å². The van der Waals surface area contributed by atoms with Gasteiger partial charge in [0.05, 0.1) is 18.9 Å². The lowest BCUT2D eigenvalue weighted by Crippen LogP contribution is -2.29. The second-order valence-corrected chi connectivity index (χ2v) is 9.19. The third kappa shape index (κ3) is 3.93. The van der Waals surface area contributed by atoms with E-state index in [-0.39, 0.29) is 16.7 Å². The van der Waals surface area contributed by atoms with E-state index >= 15 is 0 Å². The van der Waals surface area contributed by atoms with Crippen molar-refractivity contribution in [3.05, 3.63) is 88.9 Å². The van der Waals surface area contributed by atoms with Crippen LogP contribution in [0.2, 0.25) is 0 Å². The lowest BCUT2D eigenvalue weighted by atomic mass is 9.84. The summed E-state index contributed by atoms with van der Waals surface area (Å²) in [6.07, 6.45) is 1.48. The van der Waals surface area contributed by atoms with E-state index in [1.54, 1.807) is 43.5 Å². The van der Waals surface area contributed by atoms with Gasteiger partial charge in [-0.15, -0.1) is 0 Å². The first-order valence-corrected chi connectivity index (χ1v) is 10.7. The first-order valence-electron chi connectivity index (χ1n) is 10.7. The van der Waals surface area contributed by atoms with Crippen LogP contribution in [-0.2, 0) is 15.0 Å². The highest BCUT2D eigenvalue weighted by Crippen LogP contribution is 2.43. The predicted molar refractivity (Wildman–Crippen MR) is 126 cm³/mol. The van der Waals surface area contributed by atoms with Gasteiger partial charge >= 0.3 is 0 Å². The molecule has 170 valence electrons. The number of carbonyl (C=O) groups is 2. The molecule has 0 bridgehead atoms. The van der Waals surface area contributed by atoms with E-state index in [2.05, 4.69) is 0 Å². The Kier molecular flexibility index (Phi) is 5.62. The molecule has 1 aliphatic rings. The van der Waals surface area contributed by atoms with Gasteiger partial charge in [0.1, 0.15) is 23.3 Å². The summed E-state index contributed by atoms with van der Waals surface area (Å²) in [5.74, 6) is -0.654. The van der Waals surface area contributed by atoms with E-state index in [0.29, 0.717) is 22.8 Å². The van der Waals surface area contributed by atoms with Crippen LogP contribution in [0.25, 0.3) is 5.76 Å². The summed E-state index contributed by atoms with van der Waals surface area (Å²) in [5, 5.41) is 11.3. The number of ketones is 1. The van der Waals surface area contributed by atoms with E-state index in [9.17, 15) is 14.7 Å². The number of nitrogens with zero attached hydrogens (tertiary/aromatic N) is 1. The van der Waals surface area contributed by atoms with E-state index in [4.69, 9.17) is 9.15 Å². The zero-order chi connectivity index (χ0) is 23.9. The fourth-order valence-electron chi connectivity index (χ4n) is 4.19. The van der Waals surface area contributed by atoms with Gasteiger partial charge in [-0.25, -0.2) is 0 Å². The van der Waals surface area contributed by atoms with Gasteiger partial charge in [-0.3, -0.25) is 14.5 Å². The lowest BCUT2D eigenvalue weighted by molar-refractivity contribution is -0.132. The van der Waals surface area contributed by atoms with Gasteiger partial charge in [0.2, 0.25) is 0 Å². The summed E-state index contributed by atoms with van der Waals surface area (Å²) in [5.41, 5.74) is 2.52. The molecule has 1 atom stereocenters. The number of ether oxygens (including phenoxy) is 1. The lowest BCUT2D eigenvalue weighted by Gasteiger charge is -2.24.